The van der Waals surface area contributed by atoms with E-state index in [4.69, 9.17) is 32.7 Å². The van der Waals surface area contributed by atoms with Gasteiger partial charge in [0.15, 0.2) is 0 Å². The molecule has 3 rings (SSSR count). The van der Waals surface area contributed by atoms with Crippen molar-refractivity contribution in [3.63, 3.8) is 0 Å². The maximum Gasteiger partial charge on any atom is 0.220 e. The normalized spacial score (nSPS) is 15.0. The van der Waals surface area contributed by atoms with Crippen molar-refractivity contribution in [2.45, 2.75) is 38.3 Å². The highest BCUT2D eigenvalue weighted by molar-refractivity contribution is 6.34. The molecule has 0 unspecified atom stereocenters. The summed E-state index contributed by atoms with van der Waals surface area (Å²) in [5.74, 6) is 1.50. The van der Waals surface area contributed by atoms with E-state index in [0.29, 0.717) is 35.2 Å². The van der Waals surface area contributed by atoms with Gasteiger partial charge in [-0.2, -0.15) is 0 Å². The Morgan fingerprint density at radius 1 is 1.13 bits per heavy atom. The molecule has 1 amide bonds. The molecule has 2 aromatic carbocycles. The summed E-state index contributed by atoms with van der Waals surface area (Å²) in [7, 11) is 1.68. The molecule has 1 saturated heterocycles. The lowest BCUT2D eigenvalue weighted by Crippen LogP contribution is -2.44. The lowest BCUT2D eigenvalue weighted by atomic mass is 10.0. The molecule has 1 N–H and O–H groups in total. The summed E-state index contributed by atoms with van der Waals surface area (Å²) in [5.41, 5.74) is 1.28. The number of halogens is 2. The summed E-state index contributed by atoms with van der Waals surface area (Å²) in [6, 6.07) is 13.5. The van der Waals surface area contributed by atoms with Gasteiger partial charge in [0.1, 0.15) is 11.5 Å². The number of benzene rings is 2. The number of likely N-dealkylation sites (tertiary alicyclic amines) is 1. The van der Waals surface area contributed by atoms with Gasteiger partial charge in [0, 0.05) is 43.2 Å². The predicted octanol–water partition coefficient (Wildman–Crippen LogP) is 4.94. The number of methoxy groups -OCH3 is 1. The largest absolute Gasteiger partial charge is 0.497 e. The van der Waals surface area contributed by atoms with E-state index in [1.807, 2.05) is 12.1 Å². The van der Waals surface area contributed by atoms with Gasteiger partial charge in [-0.15, -0.1) is 0 Å². The molecule has 2 aromatic rings. The third-order valence-corrected chi connectivity index (χ3v) is 5.76. The Bertz CT molecular complexity index is 822. The minimum absolute atomic E-state index is 0.0735. The van der Waals surface area contributed by atoms with E-state index in [1.165, 1.54) is 5.56 Å². The van der Waals surface area contributed by atoms with Crippen LogP contribution in [0.1, 0.15) is 31.2 Å². The molecule has 0 saturated carbocycles. The van der Waals surface area contributed by atoms with E-state index in [0.717, 1.165) is 38.2 Å². The van der Waals surface area contributed by atoms with Gasteiger partial charge in [-0.3, -0.25) is 9.69 Å². The zero-order chi connectivity index (χ0) is 21.3. The fourth-order valence-corrected chi connectivity index (χ4v) is 3.86. The van der Waals surface area contributed by atoms with Gasteiger partial charge in [-0.25, -0.2) is 0 Å². The lowest BCUT2D eigenvalue weighted by molar-refractivity contribution is -0.122. The maximum absolute atomic E-state index is 12.2. The van der Waals surface area contributed by atoms with E-state index in [-0.39, 0.29) is 11.9 Å². The highest BCUT2D eigenvalue weighted by Crippen LogP contribution is 2.27. The molecule has 0 aromatic heterocycles. The Labute approximate surface area is 188 Å². The Balaban J connectivity index is 1.31. The van der Waals surface area contributed by atoms with Gasteiger partial charge >= 0.3 is 0 Å². The van der Waals surface area contributed by atoms with Gasteiger partial charge in [0.25, 0.3) is 0 Å². The molecule has 0 aliphatic carbocycles. The number of ether oxygens (including phenoxy) is 2. The molecule has 0 atom stereocenters. The zero-order valence-corrected chi connectivity index (χ0v) is 18.7. The molecule has 5 nitrogen and oxygen atoms in total. The van der Waals surface area contributed by atoms with Crippen molar-refractivity contribution in [2.24, 2.45) is 0 Å². The molecule has 30 heavy (non-hydrogen) atoms. The first kappa shape index (κ1) is 22.7. The first-order valence-corrected chi connectivity index (χ1v) is 11.0. The van der Waals surface area contributed by atoms with Gasteiger partial charge in [-0.05, 0) is 49.1 Å². The average molecular weight is 451 g/mol. The number of nitrogens with one attached hydrogen (secondary N) is 1. The van der Waals surface area contributed by atoms with Crippen LogP contribution in [0.3, 0.4) is 0 Å². The molecule has 1 aliphatic heterocycles. The molecule has 1 aliphatic rings. The number of hydrogen-bond acceptors (Lipinski definition) is 4. The third-order valence-electron chi connectivity index (χ3n) is 5.22. The minimum atomic E-state index is 0.0735. The van der Waals surface area contributed by atoms with Gasteiger partial charge in [0.2, 0.25) is 5.91 Å². The average Bonchev–Trinajstić information content (AvgIpc) is 2.75. The summed E-state index contributed by atoms with van der Waals surface area (Å²) < 4.78 is 10.8. The molecule has 0 bridgehead atoms. The summed E-state index contributed by atoms with van der Waals surface area (Å²) in [4.78, 5) is 14.7. The molecule has 0 spiro atoms. The summed E-state index contributed by atoms with van der Waals surface area (Å²) >= 11 is 12.0. The van der Waals surface area contributed by atoms with Crippen molar-refractivity contribution < 1.29 is 14.3 Å². The van der Waals surface area contributed by atoms with Crippen LogP contribution >= 0.6 is 23.2 Å². The van der Waals surface area contributed by atoms with Crippen molar-refractivity contribution in [1.82, 2.24) is 10.2 Å². The predicted molar refractivity (Wildman–Crippen MR) is 121 cm³/mol. The second-order valence-corrected chi connectivity index (χ2v) is 8.34. The van der Waals surface area contributed by atoms with E-state index in [2.05, 4.69) is 22.3 Å². The quantitative estimate of drug-likeness (QED) is 0.549. The van der Waals surface area contributed by atoms with E-state index in [1.54, 1.807) is 25.3 Å². The van der Waals surface area contributed by atoms with Gasteiger partial charge in [-0.1, -0.05) is 35.3 Å². The minimum Gasteiger partial charge on any atom is -0.497 e. The Hall–Kier alpha value is -1.95. The molecule has 1 fully saturated rings. The highest BCUT2D eigenvalue weighted by Gasteiger charge is 2.20. The monoisotopic (exact) mass is 450 g/mol. The number of hydrogen-bond donors (Lipinski definition) is 1. The molecule has 0 radical (unpaired) electrons. The number of rotatable bonds is 9. The van der Waals surface area contributed by atoms with E-state index < -0.39 is 0 Å². The smallest absolute Gasteiger partial charge is 0.220 e. The zero-order valence-electron chi connectivity index (χ0n) is 17.2. The van der Waals surface area contributed by atoms with Crippen LogP contribution in [0.15, 0.2) is 42.5 Å². The third kappa shape index (κ3) is 7.08. The maximum atomic E-state index is 12.2. The van der Waals surface area contributed by atoms with Crippen LogP contribution in [0.2, 0.25) is 10.0 Å². The second kappa shape index (κ2) is 11.4. The number of carbonyl (C=O) groups excluding carboxylic acids is 1. The summed E-state index contributed by atoms with van der Waals surface area (Å²) in [5, 5.41) is 4.25. The van der Waals surface area contributed by atoms with E-state index in [9.17, 15) is 4.79 Å². The number of piperidine rings is 1. The highest BCUT2D eigenvalue weighted by atomic mass is 35.5. The fourth-order valence-electron chi connectivity index (χ4n) is 3.53. The SMILES string of the molecule is COc1ccc(CN2CCC(NC(=O)CCCOc3cc(Cl)ccc3Cl)CC2)cc1. The van der Waals surface area contributed by atoms with Crippen molar-refractivity contribution in [1.29, 1.82) is 0 Å². The van der Waals surface area contributed by atoms with Crippen LogP contribution in [0.25, 0.3) is 0 Å². The van der Waals surface area contributed by atoms with Crippen LogP contribution in [0.4, 0.5) is 0 Å². The first-order chi connectivity index (χ1) is 14.5. The van der Waals surface area contributed by atoms with Crippen molar-refractivity contribution in [3.8, 4) is 11.5 Å². The van der Waals surface area contributed by atoms with Crippen molar-refractivity contribution >= 4 is 29.1 Å². The number of amides is 1. The Kier molecular flexibility index (Phi) is 8.67. The molecular weight excluding hydrogens is 423 g/mol. The standard InChI is InChI=1S/C23H28Cl2N2O3/c1-29-20-7-4-17(5-8-20)16-27-12-10-19(11-13-27)26-23(28)3-2-14-30-22-15-18(24)6-9-21(22)25/h4-9,15,19H,2-3,10-14,16H2,1H3,(H,26,28). The summed E-state index contributed by atoms with van der Waals surface area (Å²) in [6.45, 7) is 3.31. The lowest BCUT2D eigenvalue weighted by Gasteiger charge is -2.32. The fraction of sp³-hybridized carbons (Fsp3) is 0.435. The molecule has 7 heteroatoms. The van der Waals surface area contributed by atoms with Crippen LogP contribution in [-0.2, 0) is 11.3 Å². The molecule has 1 heterocycles. The first-order valence-electron chi connectivity index (χ1n) is 10.3. The van der Waals surface area contributed by atoms with Crippen LogP contribution < -0.4 is 14.8 Å². The number of carbonyl (C=O) groups is 1. The summed E-state index contributed by atoms with van der Waals surface area (Å²) in [6.07, 6.45) is 3.00. The Morgan fingerprint density at radius 3 is 2.57 bits per heavy atom. The van der Waals surface area contributed by atoms with Crippen molar-refractivity contribution in [2.75, 3.05) is 26.8 Å². The van der Waals surface area contributed by atoms with Crippen LogP contribution in [-0.4, -0.2) is 43.7 Å². The number of nitrogens with zero attached hydrogens (tertiary/aromatic N) is 1. The second-order valence-electron chi connectivity index (χ2n) is 7.49. The topological polar surface area (TPSA) is 50.8 Å². The van der Waals surface area contributed by atoms with Crippen LogP contribution in [0, 0.1) is 0 Å². The van der Waals surface area contributed by atoms with Gasteiger partial charge in [0.05, 0.1) is 18.7 Å². The van der Waals surface area contributed by atoms with Crippen molar-refractivity contribution in [3.05, 3.63) is 58.1 Å². The molecule has 162 valence electrons. The van der Waals surface area contributed by atoms with Gasteiger partial charge < -0.3 is 14.8 Å². The van der Waals surface area contributed by atoms with E-state index >= 15 is 0 Å². The Morgan fingerprint density at radius 2 is 1.87 bits per heavy atom. The van der Waals surface area contributed by atoms with Crippen LogP contribution in [0.5, 0.6) is 11.5 Å². The molecular formula is C23H28Cl2N2O3.